The zero-order valence-electron chi connectivity index (χ0n) is 14.6. The van der Waals surface area contributed by atoms with Crippen molar-refractivity contribution >= 4 is 17.5 Å². The number of anilines is 2. The van der Waals surface area contributed by atoms with Crippen molar-refractivity contribution in [2.24, 2.45) is 0 Å². The maximum atomic E-state index is 12.5. The molecule has 0 unspecified atom stereocenters. The van der Waals surface area contributed by atoms with Gasteiger partial charge < -0.3 is 15.1 Å². The standard InChI is InChI=1S/C17H23N7O/c1-3-18-15-6-5-14(20-21-15)12-17(25)24-10-8-23(9-11-24)16-7-4-13(2)19-22-16/h4-7H,3,8-12H2,1-2H3,(H,18,21). The lowest BCUT2D eigenvalue weighted by molar-refractivity contribution is -0.130. The molecule has 0 bridgehead atoms. The number of rotatable bonds is 5. The molecular weight excluding hydrogens is 318 g/mol. The molecule has 2 aromatic rings. The Morgan fingerprint density at radius 1 is 1.04 bits per heavy atom. The summed E-state index contributed by atoms with van der Waals surface area (Å²) >= 11 is 0. The fourth-order valence-electron chi connectivity index (χ4n) is 2.74. The van der Waals surface area contributed by atoms with Gasteiger partial charge in [0.05, 0.1) is 17.8 Å². The Labute approximate surface area is 147 Å². The summed E-state index contributed by atoms with van der Waals surface area (Å²) in [7, 11) is 0. The van der Waals surface area contributed by atoms with Gasteiger partial charge in [-0.3, -0.25) is 4.79 Å². The van der Waals surface area contributed by atoms with Crippen LogP contribution in [0.15, 0.2) is 24.3 Å². The van der Waals surface area contributed by atoms with E-state index in [1.54, 1.807) is 0 Å². The number of piperazine rings is 1. The molecule has 2 aromatic heterocycles. The van der Waals surface area contributed by atoms with E-state index in [1.165, 1.54) is 0 Å². The molecule has 3 heterocycles. The second-order valence-electron chi connectivity index (χ2n) is 6.02. The van der Waals surface area contributed by atoms with E-state index in [2.05, 4.69) is 30.6 Å². The number of nitrogens with zero attached hydrogens (tertiary/aromatic N) is 6. The van der Waals surface area contributed by atoms with Crippen LogP contribution in [-0.2, 0) is 11.2 Å². The molecule has 0 aliphatic carbocycles. The van der Waals surface area contributed by atoms with Gasteiger partial charge in [0.25, 0.3) is 0 Å². The van der Waals surface area contributed by atoms with E-state index in [4.69, 9.17) is 0 Å². The molecule has 1 fully saturated rings. The SMILES string of the molecule is CCNc1ccc(CC(=O)N2CCN(c3ccc(C)nn3)CC2)nn1. The Balaban J connectivity index is 1.51. The average Bonchev–Trinajstić information content (AvgIpc) is 2.64. The minimum absolute atomic E-state index is 0.0835. The molecule has 0 radical (unpaired) electrons. The van der Waals surface area contributed by atoms with Crippen LogP contribution >= 0.6 is 0 Å². The molecule has 8 heteroatoms. The first-order chi connectivity index (χ1) is 12.2. The second-order valence-corrected chi connectivity index (χ2v) is 6.02. The van der Waals surface area contributed by atoms with E-state index in [0.29, 0.717) is 18.8 Å². The Morgan fingerprint density at radius 2 is 1.84 bits per heavy atom. The number of aryl methyl sites for hydroxylation is 1. The summed E-state index contributed by atoms with van der Waals surface area (Å²) in [5.74, 6) is 1.68. The van der Waals surface area contributed by atoms with E-state index in [-0.39, 0.29) is 12.3 Å². The monoisotopic (exact) mass is 341 g/mol. The fourth-order valence-corrected chi connectivity index (χ4v) is 2.74. The molecule has 1 aliphatic rings. The van der Waals surface area contributed by atoms with Crippen LogP contribution in [0.1, 0.15) is 18.3 Å². The van der Waals surface area contributed by atoms with E-state index < -0.39 is 0 Å². The fraction of sp³-hybridized carbons (Fsp3) is 0.471. The van der Waals surface area contributed by atoms with Crippen LogP contribution in [0.4, 0.5) is 11.6 Å². The van der Waals surface area contributed by atoms with Crippen LogP contribution in [0.3, 0.4) is 0 Å². The lowest BCUT2D eigenvalue weighted by Gasteiger charge is -2.35. The molecule has 3 rings (SSSR count). The van der Waals surface area contributed by atoms with E-state index >= 15 is 0 Å². The number of hydrogen-bond donors (Lipinski definition) is 1. The number of nitrogens with one attached hydrogen (secondary N) is 1. The molecule has 0 spiro atoms. The summed E-state index contributed by atoms with van der Waals surface area (Å²) in [5.41, 5.74) is 1.59. The van der Waals surface area contributed by atoms with E-state index in [1.807, 2.05) is 43.0 Å². The van der Waals surface area contributed by atoms with Crippen LogP contribution in [-0.4, -0.2) is 63.9 Å². The molecular formula is C17H23N7O. The van der Waals surface area contributed by atoms with Gasteiger partial charge in [-0.25, -0.2) is 0 Å². The largest absolute Gasteiger partial charge is 0.369 e. The van der Waals surface area contributed by atoms with Gasteiger partial charge in [0, 0.05) is 32.7 Å². The van der Waals surface area contributed by atoms with E-state index in [0.717, 1.165) is 37.0 Å². The van der Waals surface area contributed by atoms with Gasteiger partial charge >= 0.3 is 0 Å². The third-order valence-corrected chi connectivity index (χ3v) is 4.15. The Hall–Kier alpha value is -2.77. The third-order valence-electron chi connectivity index (χ3n) is 4.15. The number of carbonyl (C=O) groups is 1. The lowest BCUT2D eigenvalue weighted by Crippen LogP contribution is -2.49. The lowest BCUT2D eigenvalue weighted by atomic mass is 10.2. The average molecular weight is 341 g/mol. The molecule has 1 aliphatic heterocycles. The zero-order valence-corrected chi connectivity index (χ0v) is 14.6. The topological polar surface area (TPSA) is 87.1 Å². The van der Waals surface area contributed by atoms with Gasteiger partial charge in [-0.2, -0.15) is 10.2 Å². The smallest absolute Gasteiger partial charge is 0.228 e. The summed E-state index contributed by atoms with van der Waals surface area (Å²) in [6.07, 6.45) is 0.281. The molecule has 0 atom stereocenters. The molecule has 0 aromatic carbocycles. The summed E-state index contributed by atoms with van der Waals surface area (Å²) in [4.78, 5) is 16.5. The first kappa shape index (κ1) is 17.1. The Kier molecular flexibility index (Phi) is 5.37. The highest BCUT2D eigenvalue weighted by atomic mass is 16.2. The van der Waals surface area contributed by atoms with Gasteiger partial charge in [0.2, 0.25) is 5.91 Å². The Bertz CT molecular complexity index is 694. The minimum Gasteiger partial charge on any atom is -0.369 e. The van der Waals surface area contributed by atoms with Gasteiger partial charge in [-0.05, 0) is 38.1 Å². The van der Waals surface area contributed by atoms with Gasteiger partial charge in [-0.1, -0.05) is 0 Å². The predicted octanol–water partition coefficient (Wildman–Crippen LogP) is 0.898. The molecule has 1 N–H and O–H groups in total. The summed E-state index contributed by atoms with van der Waals surface area (Å²) in [5, 5.41) is 19.6. The van der Waals surface area contributed by atoms with Crippen molar-refractivity contribution in [1.82, 2.24) is 25.3 Å². The highest BCUT2D eigenvalue weighted by molar-refractivity contribution is 5.78. The van der Waals surface area contributed by atoms with Crippen molar-refractivity contribution in [2.75, 3.05) is 42.9 Å². The number of amides is 1. The Morgan fingerprint density at radius 3 is 2.44 bits per heavy atom. The van der Waals surface area contributed by atoms with Crippen LogP contribution in [0.2, 0.25) is 0 Å². The number of carbonyl (C=O) groups excluding carboxylic acids is 1. The molecule has 25 heavy (non-hydrogen) atoms. The zero-order chi connectivity index (χ0) is 17.6. The van der Waals surface area contributed by atoms with Crippen molar-refractivity contribution in [3.8, 4) is 0 Å². The number of aromatic nitrogens is 4. The molecule has 8 nitrogen and oxygen atoms in total. The normalized spacial score (nSPS) is 14.5. The van der Waals surface area contributed by atoms with Crippen molar-refractivity contribution < 1.29 is 4.79 Å². The van der Waals surface area contributed by atoms with Crippen molar-refractivity contribution in [2.45, 2.75) is 20.3 Å². The van der Waals surface area contributed by atoms with Crippen LogP contribution in [0.5, 0.6) is 0 Å². The van der Waals surface area contributed by atoms with Crippen LogP contribution in [0, 0.1) is 6.92 Å². The molecule has 132 valence electrons. The summed E-state index contributed by atoms with van der Waals surface area (Å²) in [6.45, 7) is 7.59. The van der Waals surface area contributed by atoms with E-state index in [9.17, 15) is 4.79 Å². The minimum atomic E-state index is 0.0835. The van der Waals surface area contributed by atoms with Crippen LogP contribution < -0.4 is 10.2 Å². The summed E-state index contributed by atoms with van der Waals surface area (Å²) in [6, 6.07) is 7.63. The van der Waals surface area contributed by atoms with Crippen molar-refractivity contribution in [3.63, 3.8) is 0 Å². The first-order valence-electron chi connectivity index (χ1n) is 8.55. The molecule has 1 amide bonds. The van der Waals surface area contributed by atoms with Gasteiger partial charge in [-0.15, -0.1) is 10.2 Å². The second kappa shape index (κ2) is 7.87. The number of hydrogen-bond acceptors (Lipinski definition) is 7. The highest BCUT2D eigenvalue weighted by Crippen LogP contribution is 2.13. The van der Waals surface area contributed by atoms with Gasteiger partial charge in [0.15, 0.2) is 5.82 Å². The maximum absolute atomic E-state index is 12.5. The third kappa shape index (κ3) is 4.40. The first-order valence-corrected chi connectivity index (χ1v) is 8.55. The molecule has 0 saturated carbocycles. The highest BCUT2D eigenvalue weighted by Gasteiger charge is 2.22. The van der Waals surface area contributed by atoms with Crippen LogP contribution in [0.25, 0.3) is 0 Å². The quantitative estimate of drug-likeness (QED) is 0.864. The summed E-state index contributed by atoms with van der Waals surface area (Å²) < 4.78 is 0. The maximum Gasteiger partial charge on any atom is 0.228 e. The van der Waals surface area contributed by atoms with Gasteiger partial charge in [0.1, 0.15) is 5.82 Å². The predicted molar refractivity (Wildman–Crippen MR) is 95.5 cm³/mol. The molecule has 1 saturated heterocycles. The van der Waals surface area contributed by atoms with Crippen molar-refractivity contribution in [1.29, 1.82) is 0 Å². The van der Waals surface area contributed by atoms with Crippen molar-refractivity contribution in [3.05, 3.63) is 35.7 Å².